The van der Waals surface area contributed by atoms with E-state index in [9.17, 15) is 0 Å². The van der Waals surface area contributed by atoms with Crippen molar-refractivity contribution in [1.82, 2.24) is 19.9 Å². The zero-order valence-corrected chi connectivity index (χ0v) is 29.6. The lowest BCUT2D eigenvalue weighted by Crippen LogP contribution is -3.00. The summed E-state index contributed by atoms with van der Waals surface area (Å²) < 4.78 is 4.14. The Labute approximate surface area is 291 Å². The molecule has 0 saturated carbocycles. The van der Waals surface area contributed by atoms with Crippen LogP contribution in [-0.4, -0.2) is 19.9 Å². The zero-order valence-electron chi connectivity index (χ0n) is 25.3. The van der Waals surface area contributed by atoms with Gasteiger partial charge in [0.05, 0.1) is 0 Å². The molecule has 4 N–H and O–H groups in total. The normalized spacial score (nSPS) is 12.6. The van der Waals surface area contributed by atoms with E-state index >= 15 is 0 Å². The third-order valence-electron chi connectivity index (χ3n) is 8.36. The number of aryl methyl sites for hydroxylation is 2. The highest BCUT2D eigenvalue weighted by molar-refractivity contribution is 5.80. The maximum absolute atomic E-state index is 3.79. The van der Waals surface area contributed by atoms with Crippen LogP contribution in [0.25, 0.3) is 22.3 Å². The molecule has 8 heteroatoms. The van der Waals surface area contributed by atoms with E-state index in [-0.39, 0.29) is 48.0 Å². The standard InChI is InChI=1S/C36H34N6.2HI/c1-5-25-27-7-11-31(37-27)35(23-15-19-41(3)20-16-23)33-13-9-29(39-33)26(6-2)30-10-14-34(40-30)36(32-12-8-28(25)38-32)24-17-21-42(4)22-18-24;;/h7-22H,5-6H2,1-4H3,(H2,37,38,39,40);2*1H. The lowest BCUT2D eigenvalue weighted by atomic mass is 10.0. The van der Waals surface area contributed by atoms with E-state index in [0.717, 1.165) is 79.3 Å². The minimum absolute atomic E-state index is 0. The lowest BCUT2D eigenvalue weighted by molar-refractivity contribution is -0.671. The number of rotatable bonds is 4. The molecule has 1 aliphatic rings. The first kappa shape index (κ1) is 31.8. The number of halogens is 2. The van der Waals surface area contributed by atoms with Crippen molar-refractivity contribution in [3.05, 3.63) is 153 Å². The number of aromatic amines is 4. The molecule has 0 atom stereocenters. The summed E-state index contributed by atoms with van der Waals surface area (Å²) in [4.78, 5) is 15.2. The van der Waals surface area contributed by atoms with Gasteiger partial charge in [0, 0.05) is 79.6 Å². The van der Waals surface area contributed by atoms with Crippen molar-refractivity contribution in [1.29, 1.82) is 0 Å². The van der Waals surface area contributed by atoms with Gasteiger partial charge in [0.15, 0.2) is 24.8 Å². The molecule has 0 fully saturated rings. The smallest absolute Gasteiger partial charge is 0.169 e. The summed E-state index contributed by atoms with van der Waals surface area (Å²) in [5.74, 6) is 0. The number of pyridine rings is 2. The number of fused-ring (bicyclic) bond motifs is 8. The Hall–Kier alpha value is -3.64. The molecule has 6 aromatic rings. The third kappa shape index (κ3) is 5.77. The number of H-pyrrole nitrogens is 4. The number of hydrogen-bond acceptors (Lipinski definition) is 0. The number of aromatic nitrogens is 6. The van der Waals surface area contributed by atoms with Crippen molar-refractivity contribution < 1.29 is 57.1 Å². The second kappa shape index (κ2) is 13.2. The van der Waals surface area contributed by atoms with E-state index in [1.807, 2.05) is 14.1 Å². The van der Waals surface area contributed by atoms with Crippen LogP contribution in [0.15, 0.2) is 97.6 Å². The highest BCUT2D eigenvalue weighted by Gasteiger charge is 2.16. The minimum Gasteiger partial charge on any atom is -1.00 e. The van der Waals surface area contributed by atoms with E-state index in [1.54, 1.807) is 0 Å². The molecular weight excluding hydrogens is 770 g/mol. The lowest BCUT2D eigenvalue weighted by Gasteiger charge is -2.07. The van der Waals surface area contributed by atoms with Gasteiger partial charge in [0.25, 0.3) is 0 Å². The predicted octanol–water partition coefficient (Wildman–Crippen LogP) is -3.32. The molecule has 0 aromatic carbocycles. The topological polar surface area (TPSA) is 70.9 Å². The van der Waals surface area contributed by atoms with Crippen LogP contribution in [0, 0.1) is 0 Å². The summed E-state index contributed by atoms with van der Waals surface area (Å²) in [6.07, 6.45) is 10.2. The van der Waals surface area contributed by atoms with Crippen LogP contribution < -0.4 is 78.5 Å². The molecule has 7 heterocycles. The van der Waals surface area contributed by atoms with Gasteiger partial charge >= 0.3 is 0 Å². The van der Waals surface area contributed by atoms with Crippen molar-refractivity contribution in [2.45, 2.75) is 26.7 Å². The van der Waals surface area contributed by atoms with Gasteiger partial charge in [-0.1, -0.05) is 13.8 Å². The summed E-state index contributed by atoms with van der Waals surface area (Å²) in [6.45, 7) is 4.43. The Morgan fingerprint density at radius 1 is 0.432 bits per heavy atom. The molecular formula is C36H36I2N6. The average Bonchev–Trinajstić information content (AvgIpc) is 3.82. The van der Waals surface area contributed by atoms with Gasteiger partial charge in [-0.3, -0.25) is 0 Å². The molecule has 224 valence electrons. The van der Waals surface area contributed by atoms with Gasteiger partial charge in [-0.05, 0) is 83.6 Å². The summed E-state index contributed by atoms with van der Waals surface area (Å²) in [7, 11) is 4.10. The van der Waals surface area contributed by atoms with Crippen LogP contribution in [0.1, 0.15) is 60.6 Å². The molecule has 0 unspecified atom stereocenters. The first-order valence-corrected chi connectivity index (χ1v) is 14.7. The van der Waals surface area contributed by atoms with Gasteiger partial charge < -0.3 is 67.9 Å². The van der Waals surface area contributed by atoms with E-state index < -0.39 is 0 Å². The highest BCUT2D eigenvalue weighted by atomic mass is 127. The Morgan fingerprint density at radius 2 is 0.773 bits per heavy atom. The van der Waals surface area contributed by atoms with Crippen molar-refractivity contribution >= 4 is 22.3 Å². The van der Waals surface area contributed by atoms with E-state index in [4.69, 9.17) is 0 Å². The van der Waals surface area contributed by atoms with Gasteiger partial charge in [-0.2, -0.15) is 0 Å². The molecule has 0 amide bonds. The second-order valence-electron chi connectivity index (χ2n) is 11.1. The minimum atomic E-state index is 0. The number of hydrogen-bond donors (Lipinski definition) is 4. The maximum Gasteiger partial charge on any atom is 0.169 e. The van der Waals surface area contributed by atoms with Crippen molar-refractivity contribution in [2.75, 3.05) is 0 Å². The van der Waals surface area contributed by atoms with Crippen molar-refractivity contribution in [3.8, 4) is 0 Å². The summed E-state index contributed by atoms with van der Waals surface area (Å²) in [5, 5.41) is 4.41. The largest absolute Gasteiger partial charge is 1.00 e. The monoisotopic (exact) mass is 806 g/mol. The Kier molecular flexibility index (Phi) is 9.50. The fourth-order valence-corrected chi connectivity index (χ4v) is 6.17. The molecule has 44 heavy (non-hydrogen) atoms. The third-order valence-corrected chi connectivity index (χ3v) is 8.36. The maximum atomic E-state index is 3.79. The van der Waals surface area contributed by atoms with Crippen LogP contribution >= 0.6 is 0 Å². The molecule has 8 bridgehead atoms. The molecule has 1 aliphatic heterocycles. The van der Waals surface area contributed by atoms with E-state index in [2.05, 4.69) is 141 Å². The molecule has 0 aliphatic carbocycles. The van der Waals surface area contributed by atoms with Crippen LogP contribution in [0.3, 0.4) is 0 Å². The predicted molar refractivity (Wildman–Crippen MR) is 166 cm³/mol. The SMILES string of the molecule is CCC1=c2ccc([nH]2)=C(c2cc[n+](C)cc2)c2ccc([nH]2)C(CC)=c2ccc([nH]2)=C(c2cc[n+](C)cc2)c2ccc1[nH]2.[I-].[I-]. The van der Waals surface area contributed by atoms with Gasteiger partial charge in [-0.15, -0.1) is 0 Å². The Morgan fingerprint density at radius 3 is 1.14 bits per heavy atom. The van der Waals surface area contributed by atoms with Crippen LogP contribution in [-0.2, 0) is 14.1 Å². The number of nitrogens with zero attached hydrogens (tertiary/aromatic N) is 2. The van der Waals surface area contributed by atoms with Crippen LogP contribution in [0.5, 0.6) is 0 Å². The number of nitrogens with one attached hydrogen (secondary N) is 4. The fraction of sp³-hybridized carbons (Fsp3) is 0.167. The molecule has 6 nitrogen and oxygen atoms in total. The van der Waals surface area contributed by atoms with Crippen LogP contribution in [0.4, 0.5) is 0 Å². The van der Waals surface area contributed by atoms with Crippen molar-refractivity contribution in [3.63, 3.8) is 0 Å². The van der Waals surface area contributed by atoms with E-state index in [0.29, 0.717) is 0 Å². The molecule has 0 radical (unpaired) electrons. The molecule has 0 spiro atoms. The molecule has 6 aromatic heterocycles. The Balaban J connectivity index is 0.00000192. The van der Waals surface area contributed by atoms with Gasteiger partial charge in [-0.25, -0.2) is 9.13 Å². The first-order valence-electron chi connectivity index (χ1n) is 14.7. The van der Waals surface area contributed by atoms with Gasteiger partial charge in [0.1, 0.15) is 14.1 Å². The summed E-state index contributed by atoms with van der Waals surface area (Å²) in [5.41, 5.74) is 11.5. The van der Waals surface area contributed by atoms with Gasteiger partial charge in [0.2, 0.25) is 0 Å². The Bertz CT molecular complexity index is 2020. The summed E-state index contributed by atoms with van der Waals surface area (Å²) >= 11 is 0. The van der Waals surface area contributed by atoms with E-state index in [1.165, 1.54) is 11.1 Å². The second-order valence-corrected chi connectivity index (χ2v) is 11.1. The van der Waals surface area contributed by atoms with Crippen LogP contribution in [0.2, 0.25) is 0 Å². The highest BCUT2D eigenvalue weighted by Crippen LogP contribution is 2.24. The molecule has 7 rings (SSSR count). The van der Waals surface area contributed by atoms with Crippen molar-refractivity contribution in [2.24, 2.45) is 14.1 Å². The molecule has 0 saturated heterocycles. The average molecular weight is 807 g/mol. The summed E-state index contributed by atoms with van der Waals surface area (Å²) in [6, 6.07) is 26.4. The zero-order chi connectivity index (χ0) is 28.8. The first-order chi connectivity index (χ1) is 20.5. The quantitative estimate of drug-likeness (QED) is 0.107. The fourth-order valence-electron chi connectivity index (χ4n) is 6.17.